The standard InChI is InChI=1S/C18H20N2O3S/c1-3-22-15-6-8-16(9-7-15)23-13-18(21)20-19-12-14-4-10-17(24-2)11-5-14/h4-12H,3,13H2,1-2H3,(H,20,21)/b19-12-. The molecule has 0 fully saturated rings. The maximum absolute atomic E-state index is 11.7. The molecule has 0 heterocycles. The minimum absolute atomic E-state index is 0.100. The predicted octanol–water partition coefficient (Wildman–Crippen LogP) is 3.34. The summed E-state index contributed by atoms with van der Waals surface area (Å²) in [5.41, 5.74) is 3.35. The summed E-state index contributed by atoms with van der Waals surface area (Å²) in [6, 6.07) is 15.0. The lowest BCUT2D eigenvalue weighted by molar-refractivity contribution is -0.123. The number of nitrogens with zero attached hydrogens (tertiary/aromatic N) is 1. The molecule has 6 heteroatoms. The zero-order chi connectivity index (χ0) is 17.2. The molecule has 0 saturated heterocycles. The van der Waals surface area contributed by atoms with E-state index in [0.717, 1.165) is 11.3 Å². The normalized spacial score (nSPS) is 10.6. The van der Waals surface area contributed by atoms with Crippen molar-refractivity contribution in [3.05, 3.63) is 54.1 Å². The molecule has 24 heavy (non-hydrogen) atoms. The van der Waals surface area contributed by atoms with Crippen LogP contribution in [0, 0.1) is 0 Å². The van der Waals surface area contributed by atoms with Gasteiger partial charge in [0, 0.05) is 4.90 Å². The van der Waals surface area contributed by atoms with Gasteiger partial charge in [-0.3, -0.25) is 4.79 Å². The zero-order valence-electron chi connectivity index (χ0n) is 13.7. The number of rotatable bonds is 8. The molecule has 0 aliphatic carbocycles. The summed E-state index contributed by atoms with van der Waals surface area (Å²) in [6.45, 7) is 2.43. The maximum Gasteiger partial charge on any atom is 0.277 e. The number of benzene rings is 2. The Bertz CT molecular complexity index is 670. The van der Waals surface area contributed by atoms with Gasteiger partial charge in [0.05, 0.1) is 12.8 Å². The Labute approximate surface area is 146 Å². The van der Waals surface area contributed by atoms with Gasteiger partial charge in [-0.25, -0.2) is 5.43 Å². The Morgan fingerprint density at radius 1 is 1.08 bits per heavy atom. The van der Waals surface area contributed by atoms with Gasteiger partial charge in [-0.2, -0.15) is 5.10 Å². The first-order valence-corrected chi connectivity index (χ1v) is 8.75. The van der Waals surface area contributed by atoms with E-state index in [1.807, 2.05) is 37.4 Å². The van der Waals surface area contributed by atoms with E-state index in [2.05, 4.69) is 10.5 Å². The molecule has 0 radical (unpaired) electrons. The van der Waals surface area contributed by atoms with Gasteiger partial charge in [-0.05, 0) is 55.1 Å². The van der Waals surface area contributed by atoms with Crippen LogP contribution in [0.3, 0.4) is 0 Å². The summed E-state index contributed by atoms with van der Waals surface area (Å²) in [6.07, 6.45) is 3.62. The lowest BCUT2D eigenvalue weighted by atomic mass is 10.2. The fourth-order valence-electron chi connectivity index (χ4n) is 1.85. The van der Waals surface area contributed by atoms with Crippen LogP contribution in [0.1, 0.15) is 12.5 Å². The van der Waals surface area contributed by atoms with E-state index in [1.165, 1.54) is 4.90 Å². The van der Waals surface area contributed by atoms with Crippen molar-refractivity contribution in [3.8, 4) is 11.5 Å². The molecule has 0 atom stereocenters. The van der Waals surface area contributed by atoms with Gasteiger partial charge < -0.3 is 9.47 Å². The monoisotopic (exact) mass is 344 g/mol. The summed E-state index contributed by atoms with van der Waals surface area (Å²) in [4.78, 5) is 12.9. The van der Waals surface area contributed by atoms with Crippen molar-refractivity contribution in [1.82, 2.24) is 5.43 Å². The van der Waals surface area contributed by atoms with E-state index in [0.29, 0.717) is 12.4 Å². The Hall–Kier alpha value is -2.47. The van der Waals surface area contributed by atoms with Crippen LogP contribution in [0.15, 0.2) is 58.5 Å². The molecular formula is C18H20N2O3S. The van der Waals surface area contributed by atoms with Crippen molar-refractivity contribution in [2.75, 3.05) is 19.5 Å². The zero-order valence-corrected chi connectivity index (χ0v) is 14.5. The fraction of sp³-hybridized carbons (Fsp3) is 0.222. The minimum Gasteiger partial charge on any atom is -0.494 e. The third-order valence-electron chi connectivity index (χ3n) is 3.02. The van der Waals surface area contributed by atoms with Gasteiger partial charge in [-0.15, -0.1) is 11.8 Å². The molecule has 0 aliphatic heterocycles. The minimum atomic E-state index is -0.319. The second-order valence-corrected chi connectivity index (χ2v) is 5.64. The highest BCUT2D eigenvalue weighted by Gasteiger charge is 2.02. The number of carbonyl (C=O) groups is 1. The lowest BCUT2D eigenvalue weighted by Gasteiger charge is -2.06. The van der Waals surface area contributed by atoms with Crippen molar-refractivity contribution >= 4 is 23.9 Å². The first kappa shape index (κ1) is 17.9. The fourth-order valence-corrected chi connectivity index (χ4v) is 2.26. The molecule has 1 N–H and O–H groups in total. The van der Waals surface area contributed by atoms with Crippen molar-refractivity contribution < 1.29 is 14.3 Å². The first-order valence-electron chi connectivity index (χ1n) is 7.53. The third kappa shape index (κ3) is 5.96. The molecule has 2 rings (SSSR count). The van der Waals surface area contributed by atoms with E-state index < -0.39 is 0 Å². The number of ether oxygens (including phenoxy) is 2. The third-order valence-corrected chi connectivity index (χ3v) is 3.77. The van der Waals surface area contributed by atoms with Gasteiger partial charge in [0.2, 0.25) is 0 Å². The average molecular weight is 344 g/mol. The Morgan fingerprint density at radius 2 is 1.71 bits per heavy atom. The highest BCUT2D eigenvalue weighted by molar-refractivity contribution is 7.98. The Balaban J connectivity index is 1.75. The van der Waals surface area contributed by atoms with Gasteiger partial charge in [0.1, 0.15) is 11.5 Å². The van der Waals surface area contributed by atoms with E-state index in [9.17, 15) is 4.79 Å². The highest BCUT2D eigenvalue weighted by atomic mass is 32.2. The quantitative estimate of drug-likeness (QED) is 0.453. The predicted molar refractivity (Wildman–Crippen MR) is 97.1 cm³/mol. The van der Waals surface area contributed by atoms with Gasteiger partial charge in [-0.1, -0.05) is 12.1 Å². The largest absolute Gasteiger partial charge is 0.494 e. The molecule has 0 aromatic heterocycles. The average Bonchev–Trinajstić information content (AvgIpc) is 2.62. The molecule has 2 aromatic carbocycles. The van der Waals surface area contributed by atoms with Gasteiger partial charge in [0.25, 0.3) is 5.91 Å². The number of hydrazone groups is 1. The van der Waals surface area contributed by atoms with Crippen LogP contribution in [0.25, 0.3) is 0 Å². The van der Waals surface area contributed by atoms with Crippen LogP contribution in [-0.4, -0.2) is 31.6 Å². The number of nitrogens with one attached hydrogen (secondary N) is 1. The SMILES string of the molecule is CCOc1ccc(OCC(=O)N/N=C\c2ccc(SC)cc2)cc1. The second kappa shape index (κ2) is 9.62. The van der Waals surface area contributed by atoms with E-state index >= 15 is 0 Å². The number of hydrogen-bond donors (Lipinski definition) is 1. The second-order valence-electron chi connectivity index (χ2n) is 4.76. The van der Waals surface area contributed by atoms with E-state index in [4.69, 9.17) is 9.47 Å². The molecule has 5 nitrogen and oxygen atoms in total. The number of thioether (sulfide) groups is 1. The summed E-state index contributed by atoms with van der Waals surface area (Å²) in [5.74, 6) is 1.05. The summed E-state index contributed by atoms with van der Waals surface area (Å²) in [7, 11) is 0. The smallest absolute Gasteiger partial charge is 0.277 e. The van der Waals surface area contributed by atoms with Crippen molar-refractivity contribution in [1.29, 1.82) is 0 Å². The Morgan fingerprint density at radius 3 is 2.29 bits per heavy atom. The van der Waals surface area contributed by atoms with Crippen LogP contribution >= 0.6 is 11.8 Å². The number of carbonyl (C=O) groups excluding carboxylic acids is 1. The van der Waals surface area contributed by atoms with Crippen LogP contribution in [-0.2, 0) is 4.79 Å². The summed E-state index contributed by atoms with van der Waals surface area (Å²) >= 11 is 1.68. The van der Waals surface area contributed by atoms with Gasteiger partial charge >= 0.3 is 0 Å². The van der Waals surface area contributed by atoms with Crippen LogP contribution in [0.4, 0.5) is 0 Å². The molecule has 2 aromatic rings. The highest BCUT2D eigenvalue weighted by Crippen LogP contribution is 2.17. The molecule has 0 spiro atoms. The first-order chi connectivity index (χ1) is 11.7. The van der Waals surface area contributed by atoms with Gasteiger partial charge in [0.15, 0.2) is 6.61 Å². The van der Waals surface area contributed by atoms with Crippen molar-refractivity contribution in [2.24, 2.45) is 5.10 Å². The maximum atomic E-state index is 11.7. The molecule has 1 amide bonds. The number of amides is 1. The molecule has 0 aliphatic rings. The molecule has 0 saturated carbocycles. The molecule has 126 valence electrons. The van der Waals surface area contributed by atoms with Crippen molar-refractivity contribution in [2.45, 2.75) is 11.8 Å². The van der Waals surface area contributed by atoms with E-state index in [-0.39, 0.29) is 12.5 Å². The van der Waals surface area contributed by atoms with Crippen LogP contribution in [0.2, 0.25) is 0 Å². The molecular weight excluding hydrogens is 324 g/mol. The summed E-state index contributed by atoms with van der Waals surface area (Å²) in [5, 5.41) is 3.92. The molecule has 0 bridgehead atoms. The number of hydrogen-bond acceptors (Lipinski definition) is 5. The lowest BCUT2D eigenvalue weighted by Crippen LogP contribution is -2.24. The molecule has 0 unspecified atom stereocenters. The summed E-state index contributed by atoms with van der Waals surface area (Å²) < 4.78 is 10.7. The van der Waals surface area contributed by atoms with Crippen LogP contribution in [0.5, 0.6) is 11.5 Å². The topological polar surface area (TPSA) is 59.9 Å². The van der Waals surface area contributed by atoms with Crippen molar-refractivity contribution in [3.63, 3.8) is 0 Å². The Kier molecular flexibility index (Phi) is 7.17. The van der Waals surface area contributed by atoms with Crippen LogP contribution < -0.4 is 14.9 Å². The van der Waals surface area contributed by atoms with E-state index in [1.54, 1.807) is 42.2 Å².